The zero-order valence-corrected chi connectivity index (χ0v) is 23.8. The highest BCUT2D eigenvalue weighted by molar-refractivity contribution is 8.00. The molecule has 214 valence electrons. The summed E-state index contributed by atoms with van der Waals surface area (Å²) in [5.74, 6) is -4.02. The number of nitrogens with one attached hydrogen (secondary N) is 1. The van der Waals surface area contributed by atoms with Gasteiger partial charge in [-0.25, -0.2) is 13.7 Å². The lowest BCUT2D eigenvalue weighted by Gasteiger charge is -2.30. The lowest BCUT2D eigenvalue weighted by Crippen LogP contribution is -2.33. The van der Waals surface area contributed by atoms with Gasteiger partial charge in [0.1, 0.15) is 23.4 Å². The standard InChI is InChI=1S/C32H21F2N3O4S2/c33-20-8-5-18(6-9-20)25-26-27(30(40)37(29(26)39)23-13-10-21(34)11-14-23)42-31-28(25)43-32(41)36(31)16-24(38)35-22-12-7-17-3-1-2-4-19(17)15-22/h1-15,25-27H,16H2,(H,35,38)/t25-,26?,27?/m1/s1. The number of imide groups is 1. The molecule has 3 atom stereocenters. The average molecular weight is 614 g/mol. The van der Waals surface area contributed by atoms with E-state index >= 15 is 0 Å². The Bertz CT molecular complexity index is 1990. The first-order chi connectivity index (χ1) is 20.8. The van der Waals surface area contributed by atoms with E-state index in [0.29, 0.717) is 21.2 Å². The highest BCUT2D eigenvalue weighted by Gasteiger charge is 2.56. The van der Waals surface area contributed by atoms with Gasteiger partial charge < -0.3 is 5.32 Å². The van der Waals surface area contributed by atoms with Crippen molar-refractivity contribution in [1.29, 1.82) is 0 Å². The number of benzene rings is 4. The van der Waals surface area contributed by atoms with Crippen LogP contribution in [0.3, 0.4) is 0 Å². The maximum Gasteiger partial charge on any atom is 0.308 e. The third-order valence-corrected chi connectivity index (χ3v) is 10.3. The first-order valence-electron chi connectivity index (χ1n) is 13.4. The van der Waals surface area contributed by atoms with Crippen LogP contribution in [0.15, 0.2) is 101 Å². The third-order valence-electron chi connectivity index (χ3n) is 7.70. The lowest BCUT2D eigenvalue weighted by molar-refractivity contribution is -0.122. The van der Waals surface area contributed by atoms with Crippen molar-refractivity contribution in [2.24, 2.45) is 5.92 Å². The quantitative estimate of drug-likeness (QED) is 0.254. The summed E-state index contributed by atoms with van der Waals surface area (Å²) in [6, 6.07) is 23.9. The van der Waals surface area contributed by atoms with Crippen LogP contribution in [0.2, 0.25) is 0 Å². The molecule has 0 aliphatic carbocycles. The number of rotatable bonds is 5. The van der Waals surface area contributed by atoms with Crippen molar-refractivity contribution >= 4 is 63.0 Å². The summed E-state index contributed by atoms with van der Waals surface area (Å²) in [7, 11) is 0. The highest BCUT2D eigenvalue weighted by atomic mass is 32.2. The summed E-state index contributed by atoms with van der Waals surface area (Å²) in [4.78, 5) is 55.2. The number of thiazole rings is 1. The maximum atomic E-state index is 13.9. The Kier molecular flexibility index (Phi) is 6.71. The summed E-state index contributed by atoms with van der Waals surface area (Å²) in [5.41, 5.74) is 1.37. The van der Waals surface area contributed by atoms with Crippen LogP contribution in [0.5, 0.6) is 0 Å². The number of amides is 3. The predicted octanol–water partition coefficient (Wildman–Crippen LogP) is 5.78. The first-order valence-corrected chi connectivity index (χ1v) is 15.1. The van der Waals surface area contributed by atoms with E-state index in [1.165, 1.54) is 53.1 Å². The normalized spacial score (nSPS) is 19.4. The van der Waals surface area contributed by atoms with Crippen LogP contribution in [0.25, 0.3) is 10.8 Å². The maximum absolute atomic E-state index is 13.9. The van der Waals surface area contributed by atoms with Gasteiger partial charge >= 0.3 is 4.87 Å². The number of anilines is 2. The predicted molar refractivity (Wildman–Crippen MR) is 161 cm³/mol. The number of hydrogen-bond donors (Lipinski definition) is 1. The molecule has 1 saturated heterocycles. The Morgan fingerprint density at radius 1 is 0.814 bits per heavy atom. The van der Waals surface area contributed by atoms with Crippen molar-refractivity contribution in [3.8, 4) is 0 Å². The largest absolute Gasteiger partial charge is 0.325 e. The van der Waals surface area contributed by atoms with E-state index in [4.69, 9.17) is 0 Å². The molecule has 11 heteroatoms. The summed E-state index contributed by atoms with van der Waals surface area (Å²) in [5, 5.41) is 4.32. The number of hydrogen-bond acceptors (Lipinski definition) is 6. The van der Waals surface area contributed by atoms with Gasteiger partial charge in [0.05, 0.1) is 16.6 Å². The number of aromatic nitrogens is 1. The summed E-state index contributed by atoms with van der Waals surface area (Å²) in [6.45, 7) is -0.304. The third kappa shape index (κ3) is 4.74. The molecule has 2 aliphatic rings. The Morgan fingerprint density at radius 3 is 2.21 bits per heavy atom. The second-order valence-electron chi connectivity index (χ2n) is 10.3. The Balaban J connectivity index is 1.26. The molecule has 1 N–H and O–H groups in total. The van der Waals surface area contributed by atoms with Gasteiger partial charge in [-0.15, -0.1) is 0 Å². The smallest absolute Gasteiger partial charge is 0.308 e. The van der Waals surface area contributed by atoms with Crippen LogP contribution in [-0.2, 0) is 20.9 Å². The minimum Gasteiger partial charge on any atom is -0.325 e. The fourth-order valence-corrected chi connectivity index (χ4v) is 8.51. The highest BCUT2D eigenvalue weighted by Crippen LogP contribution is 2.53. The Labute approximate surface area is 251 Å². The number of nitrogens with zero attached hydrogens (tertiary/aromatic N) is 2. The fraction of sp³-hybridized carbons (Fsp3) is 0.125. The summed E-state index contributed by atoms with van der Waals surface area (Å²) < 4.78 is 28.8. The molecule has 1 fully saturated rings. The van der Waals surface area contributed by atoms with Crippen molar-refractivity contribution in [3.05, 3.63) is 123 Å². The van der Waals surface area contributed by atoms with Crippen molar-refractivity contribution in [2.75, 3.05) is 10.2 Å². The fourth-order valence-electron chi connectivity index (χ4n) is 5.74. The molecule has 1 aromatic heterocycles. The molecule has 5 aromatic rings. The molecule has 2 aliphatic heterocycles. The van der Waals surface area contributed by atoms with Crippen LogP contribution in [0.1, 0.15) is 16.4 Å². The Hall–Kier alpha value is -4.61. The number of fused-ring (bicyclic) bond motifs is 3. The number of thioether (sulfide) groups is 1. The van der Waals surface area contributed by atoms with Crippen LogP contribution < -0.4 is 15.1 Å². The zero-order valence-electron chi connectivity index (χ0n) is 22.2. The van der Waals surface area contributed by atoms with E-state index in [1.54, 1.807) is 6.07 Å². The topological polar surface area (TPSA) is 88.5 Å². The summed E-state index contributed by atoms with van der Waals surface area (Å²) in [6.07, 6.45) is 0. The molecule has 0 radical (unpaired) electrons. The molecule has 7 nitrogen and oxygen atoms in total. The van der Waals surface area contributed by atoms with Crippen molar-refractivity contribution in [3.63, 3.8) is 0 Å². The average Bonchev–Trinajstić information content (AvgIpc) is 3.44. The number of halogens is 2. The van der Waals surface area contributed by atoms with E-state index in [2.05, 4.69) is 5.32 Å². The van der Waals surface area contributed by atoms with Crippen molar-refractivity contribution < 1.29 is 23.2 Å². The minimum atomic E-state index is -0.913. The van der Waals surface area contributed by atoms with E-state index in [-0.39, 0.29) is 12.2 Å². The van der Waals surface area contributed by atoms with Crippen LogP contribution in [-0.4, -0.2) is 27.5 Å². The van der Waals surface area contributed by atoms with E-state index < -0.39 is 51.3 Å². The van der Waals surface area contributed by atoms with Crippen LogP contribution in [0.4, 0.5) is 20.2 Å². The molecule has 0 bridgehead atoms. The molecule has 3 amide bonds. The van der Waals surface area contributed by atoms with E-state index in [9.17, 15) is 28.0 Å². The molecular formula is C32H21F2N3O4S2. The molecule has 3 heterocycles. The van der Waals surface area contributed by atoms with Crippen LogP contribution in [0, 0.1) is 17.6 Å². The van der Waals surface area contributed by atoms with E-state index in [0.717, 1.165) is 38.8 Å². The molecule has 43 heavy (non-hydrogen) atoms. The first kappa shape index (κ1) is 27.2. The minimum absolute atomic E-state index is 0.236. The number of carbonyl (C=O) groups excluding carboxylic acids is 3. The zero-order chi connectivity index (χ0) is 29.8. The number of carbonyl (C=O) groups is 3. The lowest BCUT2D eigenvalue weighted by atomic mass is 9.83. The van der Waals surface area contributed by atoms with Gasteiger partial charge in [-0.1, -0.05) is 65.6 Å². The molecule has 7 rings (SSSR count). The monoisotopic (exact) mass is 613 g/mol. The van der Waals surface area contributed by atoms with Gasteiger partial charge in [-0.3, -0.25) is 23.7 Å². The van der Waals surface area contributed by atoms with Gasteiger partial charge in [0.15, 0.2) is 0 Å². The SMILES string of the molecule is O=C(Cn1c2c(sc1=O)[C@H](c1ccc(F)cc1)C1C(=O)N(c3ccc(F)cc3)C(=O)C1S2)Nc1ccc2ccccc2c1. The van der Waals surface area contributed by atoms with Gasteiger partial charge in [0.2, 0.25) is 17.7 Å². The van der Waals surface area contributed by atoms with E-state index in [1.807, 2.05) is 36.4 Å². The molecule has 0 saturated carbocycles. The van der Waals surface area contributed by atoms with Gasteiger partial charge in [0.25, 0.3) is 0 Å². The van der Waals surface area contributed by atoms with Gasteiger partial charge in [-0.05, 0) is 64.9 Å². The molecular weight excluding hydrogens is 592 g/mol. The Morgan fingerprint density at radius 2 is 1.49 bits per heavy atom. The molecule has 0 spiro atoms. The summed E-state index contributed by atoms with van der Waals surface area (Å²) >= 11 is 1.98. The van der Waals surface area contributed by atoms with Gasteiger partial charge in [-0.2, -0.15) is 0 Å². The van der Waals surface area contributed by atoms with Crippen molar-refractivity contribution in [1.82, 2.24) is 4.57 Å². The van der Waals surface area contributed by atoms with Crippen molar-refractivity contribution in [2.45, 2.75) is 22.7 Å². The van der Waals surface area contributed by atoms with Gasteiger partial charge in [0, 0.05) is 16.5 Å². The molecule has 4 aromatic carbocycles. The second-order valence-corrected chi connectivity index (χ2v) is 12.4. The molecule has 2 unspecified atom stereocenters. The van der Waals surface area contributed by atoms with Crippen LogP contribution >= 0.6 is 23.1 Å². The second kappa shape index (κ2) is 10.6.